The van der Waals surface area contributed by atoms with Gasteiger partial charge in [0.1, 0.15) is 5.56 Å². The Labute approximate surface area is 134 Å². The molecule has 3 rings (SSSR count). The van der Waals surface area contributed by atoms with E-state index in [0.29, 0.717) is 0 Å². The van der Waals surface area contributed by atoms with Crippen LogP contribution in [0.5, 0.6) is 0 Å². The van der Waals surface area contributed by atoms with Crippen LogP contribution in [0.15, 0.2) is 41.3 Å². The number of hydrogen-bond acceptors (Lipinski definition) is 6. The minimum atomic E-state index is -4.31. The molecule has 0 fully saturated rings. The van der Waals surface area contributed by atoms with Gasteiger partial charge in [-0.1, -0.05) is 18.2 Å². The van der Waals surface area contributed by atoms with Crippen molar-refractivity contribution in [2.45, 2.75) is 4.90 Å². The zero-order chi connectivity index (χ0) is 16.9. The van der Waals surface area contributed by atoms with Crippen molar-refractivity contribution in [3.63, 3.8) is 0 Å². The molecule has 0 aliphatic heterocycles. The molecule has 0 saturated heterocycles. The van der Waals surface area contributed by atoms with Crippen molar-refractivity contribution in [1.29, 1.82) is 0 Å². The highest BCUT2D eigenvalue weighted by atomic mass is 35.7. The summed E-state index contributed by atoms with van der Waals surface area (Å²) in [5.74, 6) is -1.58. The lowest BCUT2D eigenvalue weighted by atomic mass is 9.83. The lowest BCUT2D eigenvalue weighted by molar-refractivity contribution is -0.385. The van der Waals surface area contributed by atoms with E-state index in [9.17, 15) is 28.1 Å². The second-order valence-electron chi connectivity index (χ2n) is 4.73. The van der Waals surface area contributed by atoms with Crippen molar-refractivity contribution in [2.75, 3.05) is 0 Å². The van der Waals surface area contributed by atoms with E-state index in [1.165, 1.54) is 24.3 Å². The van der Waals surface area contributed by atoms with Gasteiger partial charge in [-0.05, 0) is 12.1 Å². The van der Waals surface area contributed by atoms with E-state index in [4.69, 9.17) is 10.7 Å². The molecule has 0 spiro atoms. The maximum absolute atomic E-state index is 12.7. The number of fused-ring (bicyclic) bond motifs is 2. The average Bonchev–Trinajstić information content (AvgIpc) is 2.50. The Bertz CT molecular complexity index is 1010. The first-order chi connectivity index (χ1) is 10.7. The molecule has 1 aliphatic carbocycles. The summed E-state index contributed by atoms with van der Waals surface area (Å²) in [5, 5.41) is 11.1. The SMILES string of the molecule is O=C1c2cccc([N+](=O)[O-])c2C(=O)c2c1cccc2S(=O)(=O)Cl. The summed E-state index contributed by atoms with van der Waals surface area (Å²) < 4.78 is 23.3. The highest BCUT2D eigenvalue weighted by Gasteiger charge is 2.38. The topological polar surface area (TPSA) is 111 Å². The first kappa shape index (κ1) is 15.3. The minimum absolute atomic E-state index is 0.138. The Kier molecular flexibility index (Phi) is 3.31. The largest absolute Gasteiger partial charge is 0.289 e. The van der Waals surface area contributed by atoms with Crippen LogP contribution >= 0.6 is 10.7 Å². The third-order valence-electron chi connectivity index (χ3n) is 3.47. The second-order valence-corrected chi connectivity index (χ2v) is 7.27. The van der Waals surface area contributed by atoms with Gasteiger partial charge in [0.2, 0.25) is 5.78 Å². The van der Waals surface area contributed by atoms with Crippen LogP contribution in [-0.4, -0.2) is 24.9 Å². The lowest BCUT2D eigenvalue weighted by Gasteiger charge is -2.18. The normalized spacial score (nSPS) is 13.4. The third-order valence-corrected chi connectivity index (χ3v) is 4.84. The fourth-order valence-electron chi connectivity index (χ4n) is 2.55. The van der Waals surface area contributed by atoms with Gasteiger partial charge in [0.05, 0.1) is 15.4 Å². The van der Waals surface area contributed by atoms with Crippen LogP contribution in [0.2, 0.25) is 0 Å². The van der Waals surface area contributed by atoms with Crippen molar-refractivity contribution >= 4 is 37.0 Å². The van der Waals surface area contributed by atoms with Crippen molar-refractivity contribution in [2.24, 2.45) is 0 Å². The Hall–Kier alpha value is -2.58. The average molecular weight is 352 g/mol. The molecule has 0 amide bonds. The molecule has 0 unspecified atom stereocenters. The molecule has 23 heavy (non-hydrogen) atoms. The van der Waals surface area contributed by atoms with E-state index in [2.05, 4.69) is 0 Å². The summed E-state index contributed by atoms with van der Waals surface area (Å²) in [6.45, 7) is 0. The van der Waals surface area contributed by atoms with Gasteiger partial charge < -0.3 is 0 Å². The number of halogens is 1. The Morgan fingerprint density at radius 1 is 0.913 bits per heavy atom. The highest BCUT2D eigenvalue weighted by molar-refractivity contribution is 8.13. The summed E-state index contributed by atoms with van der Waals surface area (Å²) in [4.78, 5) is 34.9. The van der Waals surface area contributed by atoms with Crippen LogP contribution < -0.4 is 0 Å². The van der Waals surface area contributed by atoms with Crippen LogP contribution in [0.25, 0.3) is 0 Å². The van der Waals surface area contributed by atoms with Crippen LogP contribution in [0, 0.1) is 10.1 Å². The lowest BCUT2D eigenvalue weighted by Crippen LogP contribution is -2.24. The van der Waals surface area contributed by atoms with Gasteiger partial charge >= 0.3 is 0 Å². The Morgan fingerprint density at radius 3 is 2.04 bits per heavy atom. The van der Waals surface area contributed by atoms with Crippen molar-refractivity contribution in [1.82, 2.24) is 0 Å². The van der Waals surface area contributed by atoms with Gasteiger partial charge in [0.25, 0.3) is 14.7 Å². The first-order valence-corrected chi connectivity index (χ1v) is 8.49. The summed E-state index contributed by atoms with van der Waals surface area (Å²) in [7, 11) is 1.01. The number of rotatable bonds is 2. The molecule has 0 aromatic heterocycles. The van der Waals surface area contributed by atoms with E-state index in [1.807, 2.05) is 0 Å². The Morgan fingerprint density at radius 2 is 1.48 bits per heavy atom. The number of carbonyl (C=O) groups excluding carboxylic acids is 2. The summed E-state index contributed by atoms with van der Waals surface area (Å²) in [6.07, 6.45) is 0. The molecule has 9 heteroatoms. The number of benzene rings is 2. The summed E-state index contributed by atoms with van der Waals surface area (Å²) in [6, 6.07) is 7.28. The monoisotopic (exact) mass is 351 g/mol. The highest BCUT2D eigenvalue weighted by Crippen LogP contribution is 2.36. The van der Waals surface area contributed by atoms with Crippen LogP contribution in [-0.2, 0) is 9.05 Å². The molecular weight excluding hydrogens is 346 g/mol. The van der Waals surface area contributed by atoms with Gasteiger partial charge in [-0.2, -0.15) is 0 Å². The maximum atomic E-state index is 12.7. The molecule has 2 aromatic carbocycles. The van der Waals surface area contributed by atoms with Crippen molar-refractivity contribution in [3.8, 4) is 0 Å². The molecule has 0 atom stereocenters. The van der Waals surface area contributed by atoms with Crippen molar-refractivity contribution in [3.05, 3.63) is 68.8 Å². The van der Waals surface area contributed by atoms with E-state index < -0.39 is 47.3 Å². The van der Waals surface area contributed by atoms with Crippen molar-refractivity contribution < 1.29 is 22.9 Å². The number of nitrogens with zero attached hydrogens (tertiary/aromatic N) is 1. The van der Waals surface area contributed by atoms with Crippen LogP contribution in [0.3, 0.4) is 0 Å². The van der Waals surface area contributed by atoms with E-state index in [-0.39, 0.29) is 11.1 Å². The summed E-state index contributed by atoms with van der Waals surface area (Å²) >= 11 is 0. The molecule has 1 aliphatic rings. The quantitative estimate of drug-likeness (QED) is 0.398. The molecule has 2 aromatic rings. The zero-order valence-corrected chi connectivity index (χ0v) is 12.7. The smallest absolute Gasteiger partial charge is 0.281 e. The van der Waals surface area contributed by atoms with E-state index in [1.54, 1.807) is 0 Å². The molecule has 116 valence electrons. The third kappa shape index (κ3) is 2.23. The number of ketones is 2. The molecule has 0 N–H and O–H groups in total. The van der Waals surface area contributed by atoms with Gasteiger partial charge in [-0.15, -0.1) is 0 Å². The second kappa shape index (κ2) is 4.97. The predicted octanol–water partition coefficient (Wildman–Crippen LogP) is 2.30. The summed E-state index contributed by atoms with van der Waals surface area (Å²) in [5.41, 5.74) is -1.71. The van der Waals surface area contributed by atoms with Crippen LogP contribution in [0.1, 0.15) is 31.8 Å². The molecule has 7 nitrogen and oxygen atoms in total. The van der Waals surface area contributed by atoms with Gasteiger partial charge in [0, 0.05) is 27.9 Å². The first-order valence-electron chi connectivity index (χ1n) is 6.18. The number of nitro benzene ring substituents is 1. The fraction of sp³-hybridized carbons (Fsp3) is 0. The molecule has 0 saturated carbocycles. The maximum Gasteiger partial charge on any atom is 0.281 e. The van der Waals surface area contributed by atoms with Gasteiger partial charge in [-0.3, -0.25) is 19.7 Å². The number of carbonyl (C=O) groups is 2. The molecule has 0 heterocycles. The molecule has 0 bridgehead atoms. The number of nitro groups is 1. The fourth-order valence-corrected chi connectivity index (χ4v) is 3.62. The molecular formula is C14H6ClNO6S. The minimum Gasteiger partial charge on any atom is -0.289 e. The number of hydrogen-bond donors (Lipinski definition) is 0. The van der Waals surface area contributed by atoms with Gasteiger partial charge in [-0.25, -0.2) is 8.42 Å². The Balaban J connectivity index is 2.43. The zero-order valence-electron chi connectivity index (χ0n) is 11.1. The van der Waals surface area contributed by atoms with Crippen LogP contribution in [0.4, 0.5) is 5.69 Å². The molecule has 0 radical (unpaired) electrons. The van der Waals surface area contributed by atoms with Gasteiger partial charge in [0.15, 0.2) is 5.78 Å². The van der Waals surface area contributed by atoms with E-state index >= 15 is 0 Å². The predicted molar refractivity (Wildman–Crippen MR) is 79.4 cm³/mol. The van der Waals surface area contributed by atoms with E-state index in [0.717, 1.165) is 12.1 Å². The standard InChI is InChI=1S/C14H6ClNO6S/c15-23(21,22)10-6-2-4-8-12(10)14(18)11-7(13(8)17)3-1-5-9(11)16(19)20/h1-6H.